The van der Waals surface area contributed by atoms with Gasteiger partial charge in [-0.15, -0.1) is 0 Å². The molecule has 0 amide bonds. The second-order valence-electron chi connectivity index (χ2n) is 3.02. The van der Waals surface area contributed by atoms with Crippen LogP contribution in [0.3, 0.4) is 0 Å². The molecule has 1 aliphatic carbocycles. The van der Waals surface area contributed by atoms with Crippen LogP contribution in [0.1, 0.15) is 0 Å². The average molecular weight is 233 g/mol. The molecule has 84 valence electrons. The molecule has 1 atom stereocenters. The summed E-state index contributed by atoms with van der Waals surface area (Å²) in [5, 5.41) is -0.556. The lowest BCUT2D eigenvalue weighted by Crippen LogP contribution is -2.46. The first kappa shape index (κ1) is 12.4. The molecule has 15 heavy (non-hydrogen) atoms. The first-order valence-corrected chi connectivity index (χ1v) is 4.71. The summed E-state index contributed by atoms with van der Waals surface area (Å²) in [6.45, 7) is 0. The van der Waals surface area contributed by atoms with E-state index in [2.05, 4.69) is 0 Å². The lowest BCUT2D eigenvalue weighted by atomic mass is 9.99. The largest absolute Gasteiger partial charge is 0.371 e. The summed E-state index contributed by atoms with van der Waals surface area (Å²) < 4.78 is 15.6. The molecule has 1 aliphatic rings. The third kappa shape index (κ3) is 2.29. The van der Waals surface area contributed by atoms with E-state index in [4.69, 9.17) is 25.8 Å². The number of rotatable bonds is 4. The Morgan fingerprint density at radius 1 is 1.40 bits per heavy atom. The van der Waals surface area contributed by atoms with E-state index in [9.17, 15) is 4.79 Å². The van der Waals surface area contributed by atoms with Gasteiger partial charge in [0.25, 0.3) is 5.24 Å². The number of allylic oxidation sites excluding steroid dienone is 2. The van der Waals surface area contributed by atoms with E-state index < -0.39 is 17.1 Å². The predicted molar refractivity (Wildman–Crippen MR) is 55.6 cm³/mol. The van der Waals surface area contributed by atoms with Gasteiger partial charge in [-0.25, -0.2) is 0 Å². The van der Waals surface area contributed by atoms with Crippen molar-refractivity contribution in [3.63, 3.8) is 0 Å². The van der Waals surface area contributed by atoms with Crippen LogP contribution >= 0.6 is 11.6 Å². The molecule has 5 heteroatoms. The van der Waals surface area contributed by atoms with E-state index in [1.165, 1.54) is 27.4 Å². The quantitative estimate of drug-likeness (QED) is 0.541. The van der Waals surface area contributed by atoms with Crippen molar-refractivity contribution in [2.45, 2.75) is 11.9 Å². The third-order valence-electron chi connectivity index (χ3n) is 2.32. The van der Waals surface area contributed by atoms with Crippen molar-refractivity contribution in [2.75, 3.05) is 21.3 Å². The van der Waals surface area contributed by atoms with E-state index in [1.54, 1.807) is 12.2 Å². The number of carbonyl (C=O) groups excluding carboxylic acids is 1. The molecule has 0 radical (unpaired) electrons. The zero-order valence-corrected chi connectivity index (χ0v) is 9.58. The molecular weight excluding hydrogens is 220 g/mol. The summed E-state index contributed by atoms with van der Waals surface area (Å²) in [5.74, 6) is -1.09. The molecule has 0 aromatic rings. The molecule has 0 aliphatic heterocycles. The average Bonchev–Trinajstić information content (AvgIpc) is 2.27. The Labute approximate surface area is 93.4 Å². The van der Waals surface area contributed by atoms with Gasteiger partial charge in [0.1, 0.15) is 6.10 Å². The van der Waals surface area contributed by atoms with Crippen LogP contribution < -0.4 is 0 Å². The van der Waals surface area contributed by atoms with Crippen LogP contribution in [0.15, 0.2) is 23.8 Å². The van der Waals surface area contributed by atoms with Crippen molar-refractivity contribution in [1.29, 1.82) is 0 Å². The molecule has 0 fully saturated rings. The Hall–Kier alpha value is -0.680. The van der Waals surface area contributed by atoms with Gasteiger partial charge in [-0.1, -0.05) is 6.08 Å². The minimum atomic E-state index is -1.09. The number of ether oxygens (including phenoxy) is 3. The van der Waals surface area contributed by atoms with Crippen LogP contribution in [-0.2, 0) is 19.0 Å². The van der Waals surface area contributed by atoms with Gasteiger partial charge in [-0.2, -0.15) is 0 Å². The second-order valence-corrected chi connectivity index (χ2v) is 3.36. The first-order valence-electron chi connectivity index (χ1n) is 4.33. The summed E-state index contributed by atoms with van der Waals surface area (Å²) >= 11 is 5.38. The molecule has 1 unspecified atom stereocenters. The van der Waals surface area contributed by atoms with Gasteiger partial charge in [0, 0.05) is 26.9 Å². The predicted octanol–water partition coefficient (Wildman–Crippen LogP) is 1.25. The van der Waals surface area contributed by atoms with E-state index in [1.807, 2.05) is 0 Å². The molecule has 4 nitrogen and oxygen atoms in total. The zero-order valence-electron chi connectivity index (χ0n) is 8.82. The van der Waals surface area contributed by atoms with Crippen LogP contribution in [0.5, 0.6) is 0 Å². The Balaban J connectivity index is 3.08. The normalized spacial score (nSPS) is 23.7. The Morgan fingerprint density at radius 3 is 2.40 bits per heavy atom. The van der Waals surface area contributed by atoms with Crippen LogP contribution in [0.4, 0.5) is 0 Å². The van der Waals surface area contributed by atoms with Gasteiger partial charge in [0.05, 0.1) is 0 Å². The lowest BCUT2D eigenvalue weighted by Gasteiger charge is -2.35. The summed E-state index contributed by atoms with van der Waals surface area (Å²) in [6.07, 6.45) is 4.35. The molecule has 0 saturated heterocycles. The van der Waals surface area contributed by atoms with Crippen LogP contribution in [-0.4, -0.2) is 38.5 Å². The van der Waals surface area contributed by atoms with Crippen LogP contribution in [0, 0.1) is 0 Å². The molecule has 1 rings (SSSR count). The van der Waals surface area contributed by atoms with Gasteiger partial charge >= 0.3 is 0 Å². The standard InChI is InChI=1S/C10H13ClO4/c1-13-8-5-4-7(9(11)12)6-10(8,14-2)15-3/h4-6,8H,1-3H3. The fraction of sp³-hybridized carbons (Fsp3) is 0.500. The van der Waals surface area contributed by atoms with Gasteiger partial charge in [0.2, 0.25) is 5.79 Å². The Kier molecular flexibility index (Phi) is 4.04. The summed E-state index contributed by atoms with van der Waals surface area (Å²) in [7, 11) is 4.48. The third-order valence-corrected chi connectivity index (χ3v) is 2.54. The van der Waals surface area contributed by atoms with Gasteiger partial charge in [-0.3, -0.25) is 4.79 Å². The fourth-order valence-electron chi connectivity index (χ4n) is 1.47. The molecular formula is C10H13ClO4. The highest BCUT2D eigenvalue weighted by atomic mass is 35.5. The van der Waals surface area contributed by atoms with Gasteiger partial charge in [-0.05, 0) is 23.8 Å². The second kappa shape index (κ2) is 4.90. The highest BCUT2D eigenvalue weighted by Gasteiger charge is 2.39. The molecule has 0 aromatic heterocycles. The Bertz CT molecular complexity index is 305. The van der Waals surface area contributed by atoms with E-state index in [0.29, 0.717) is 5.57 Å². The topological polar surface area (TPSA) is 44.8 Å². The van der Waals surface area contributed by atoms with Crippen LogP contribution in [0.25, 0.3) is 0 Å². The number of carbonyl (C=O) groups is 1. The van der Waals surface area contributed by atoms with Gasteiger partial charge in [0.15, 0.2) is 0 Å². The van der Waals surface area contributed by atoms with Crippen molar-refractivity contribution in [3.8, 4) is 0 Å². The lowest BCUT2D eigenvalue weighted by molar-refractivity contribution is -0.221. The monoisotopic (exact) mass is 232 g/mol. The summed E-state index contributed by atoms with van der Waals surface area (Å²) in [6, 6.07) is 0. The molecule has 0 N–H and O–H groups in total. The van der Waals surface area contributed by atoms with Crippen molar-refractivity contribution >= 4 is 16.8 Å². The van der Waals surface area contributed by atoms with Crippen LogP contribution in [0.2, 0.25) is 0 Å². The molecule has 0 heterocycles. The minimum absolute atomic E-state index is 0.327. The smallest absolute Gasteiger partial charge is 0.252 e. The molecule has 0 saturated carbocycles. The molecule has 0 bridgehead atoms. The van der Waals surface area contributed by atoms with E-state index >= 15 is 0 Å². The van der Waals surface area contributed by atoms with Gasteiger partial charge < -0.3 is 14.2 Å². The minimum Gasteiger partial charge on any atom is -0.371 e. The summed E-state index contributed by atoms with van der Waals surface area (Å²) in [5.41, 5.74) is 0.327. The molecule has 0 spiro atoms. The van der Waals surface area contributed by atoms with Crippen molar-refractivity contribution in [1.82, 2.24) is 0 Å². The number of hydrogen-bond acceptors (Lipinski definition) is 4. The van der Waals surface area contributed by atoms with E-state index in [-0.39, 0.29) is 0 Å². The van der Waals surface area contributed by atoms with Crippen molar-refractivity contribution in [2.24, 2.45) is 0 Å². The van der Waals surface area contributed by atoms with Crippen molar-refractivity contribution in [3.05, 3.63) is 23.8 Å². The SMILES string of the molecule is COC1C=CC(C(=O)Cl)=CC1(OC)OC. The van der Waals surface area contributed by atoms with Crippen molar-refractivity contribution < 1.29 is 19.0 Å². The summed E-state index contributed by atoms with van der Waals surface area (Å²) in [4.78, 5) is 11.0. The maximum Gasteiger partial charge on any atom is 0.252 e. The highest BCUT2D eigenvalue weighted by molar-refractivity contribution is 6.68. The van der Waals surface area contributed by atoms with E-state index in [0.717, 1.165) is 0 Å². The Morgan fingerprint density at radius 2 is 2.00 bits per heavy atom. The number of halogens is 1. The highest BCUT2D eigenvalue weighted by Crippen LogP contribution is 2.28. The fourth-order valence-corrected chi connectivity index (χ4v) is 1.59. The maximum absolute atomic E-state index is 11.0. The maximum atomic E-state index is 11.0. The zero-order chi connectivity index (χ0) is 11.5. The first-order chi connectivity index (χ1) is 7.09. The molecule has 0 aromatic carbocycles. The number of hydrogen-bond donors (Lipinski definition) is 0. The number of methoxy groups -OCH3 is 3.